The van der Waals surface area contributed by atoms with Crippen LogP contribution in [0.4, 0.5) is 5.82 Å². The second-order valence-corrected chi connectivity index (χ2v) is 2.53. The average molecular weight is 175 g/mol. The van der Waals surface area contributed by atoms with Crippen LogP contribution in [0.15, 0.2) is 30.9 Å². The Morgan fingerprint density at radius 2 is 2.31 bits per heavy atom. The summed E-state index contributed by atoms with van der Waals surface area (Å²) in [5.74, 6) is 0.761. The molecule has 2 heterocycles. The normalized spacial score (nSPS) is 9.85. The number of hydrogen-bond donors (Lipinski definition) is 2. The zero-order valence-electron chi connectivity index (χ0n) is 6.94. The highest BCUT2D eigenvalue weighted by atomic mass is 15.1. The number of nitrogens with zero attached hydrogens (tertiary/aromatic N) is 3. The number of nitrogens with one attached hydrogen (secondary N) is 2. The fourth-order valence-corrected chi connectivity index (χ4v) is 0.959. The van der Waals surface area contributed by atoms with Crippen LogP contribution in [-0.2, 0) is 6.54 Å². The number of hydrogen-bond acceptors (Lipinski definition) is 4. The lowest BCUT2D eigenvalue weighted by molar-refractivity contribution is 0.971. The van der Waals surface area contributed by atoms with E-state index in [2.05, 4.69) is 25.5 Å². The third kappa shape index (κ3) is 2.02. The van der Waals surface area contributed by atoms with Crippen molar-refractivity contribution in [2.24, 2.45) is 0 Å². The van der Waals surface area contributed by atoms with Gasteiger partial charge in [0.2, 0.25) is 0 Å². The highest BCUT2D eigenvalue weighted by molar-refractivity contribution is 5.30. The van der Waals surface area contributed by atoms with Gasteiger partial charge < -0.3 is 5.32 Å². The fraction of sp³-hybridized carbons (Fsp3) is 0.125. The summed E-state index contributed by atoms with van der Waals surface area (Å²) in [6, 6.07) is 1.91. The number of H-pyrrole nitrogens is 1. The molecule has 0 bridgehead atoms. The smallest absolute Gasteiger partial charge is 0.144 e. The highest BCUT2D eigenvalue weighted by Gasteiger charge is 1.94. The van der Waals surface area contributed by atoms with E-state index in [0.717, 1.165) is 11.5 Å². The third-order valence-electron chi connectivity index (χ3n) is 1.58. The molecule has 0 amide bonds. The van der Waals surface area contributed by atoms with Gasteiger partial charge in [-0.25, -0.2) is 4.98 Å². The first-order valence-electron chi connectivity index (χ1n) is 3.93. The van der Waals surface area contributed by atoms with Crippen molar-refractivity contribution in [2.75, 3.05) is 5.32 Å². The molecule has 2 aromatic heterocycles. The van der Waals surface area contributed by atoms with Crippen molar-refractivity contribution in [2.45, 2.75) is 6.54 Å². The predicted molar refractivity (Wildman–Crippen MR) is 47.9 cm³/mol. The maximum atomic E-state index is 4.07. The van der Waals surface area contributed by atoms with Gasteiger partial charge in [0.15, 0.2) is 0 Å². The maximum absolute atomic E-state index is 4.07. The molecular weight excluding hydrogens is 166 g/mol. The molecule has 2 N–H and O–H groups in total. The Kier molecular flexibility index (Phi) is 2.18. The molecule has 0 atom stereocenters. The Morgan fingerprint density at radius 1 is 1.31 bits per heavy atom. The molecule has 0 saturated heterocycles. The van der Waals surface area contributed by atoms with Gasteiger partial charge in [0.25, 0.3) is 0 Å². The van der Waals surface area contributed by atoms with Crippen molar-refractivity contribution in [1.82, 2.24) is 20.2 Å². The Bertz CT molecular complexity index is 342. The van der Waals surface area contributed by atoms with E-state index < -0.39 is 0 Å². The highest BCUT2D eigenvalue weighted by Crippen LogP contribution is 2.00. The summed E-state index contributed by atoms with van der Waals surface area (Å²) in [7, 11) is 0. The van der Waals surface area contributed by atoms with Gasteiger partial charge in [-0.3, -0.25) is 10.1 Å². The number of aromatic amines is 1. The minimum absolute atomic E-state index is 0.679. The van der Waals surface area contributed by atoms with Crippen LogP contribution in [0.25, 0.3) is 0 Å². The zero-order chi connectivity index (χ0) is 8.93. The van der Waals surface area contributed by atoms with Crippen LogP contribution >= 0.6 is 0 Å². The summed E-state index contributed by atoms with van der Waals surface area (Å²) in [4.78, 5) is 8.00. The standard InChI is InChI=1S/C8H9N5/c1-2-12-13-7(1)5-11-8-6-9-3-4-10-8/h1-4,6H,5H2,(H,10,11)(H,12,13). The van der Waals surface area contributed by atoms with Crippen LogP contribution in [0.1, 0.15) is 5.69 Å². The maximum Gasteiger partial charge on any atom is 0.144 e. The van der Waals surface area contributed by atoms with Crippen LogP contribution in [-0.4, -0.2) is 20.2 Å². The van der Waals surface area contributed by atoms with Crippen molar-refractivity contribution in [3.05, 3.63) is 36.5 Å². The Labute approximate surface area is 75.2 Å². The van der Waals surface area contributed by atoms with Crippen LogP contribution in [0.2, 0.25) is 0 Å². The molecule has 0 fully saturated rings. The Morgan fingerprint density at radius 3 is 3.00 bits per heavy atom. The van der Waals surface area contributed by atoms with E-state index in [1.807, 2.05) is 6.07 Å². The van der Waals surface area contributed by atoms with Gasteiger partial charge >= 0.3 is 0 Å². The predicted octanol–water partition coefficient (Wildman–Crippen LogP) is 0.812. The van der Waals surface area contributed by atoms with E-state index in [4.69, 9.17) is 0 Å². The first-order chi connectivity index (χ1) is 6.45. The average Bonchev–Trinajstić information content (AvgIpc) is 2.69. The minimum Gasteiger partial charge on any atom is -0.363 e. The van der Waals surface area contributed by atoms with Crippen LogP contribution in [0.5, 0.6) is 0 Å². The molecule has 0 aliphatic heterocycles. The number of rotatable bonds is 3. The molecule has 0 radical (unpaired) electrons. The second kappa shape index (κ2) is 3.66. The van der Waals surface area contributed by atoms with Gasteiger partial charge in [-0.1, -0.05) is 0 Å². The van der Waals surface area contributed by atoms with Crippen LogP contribution < -0.4 is 5.32 Å². The Balaban J connectivity index is 1.94. The molecule has 0 aliphatic rings. The van der Waals surface area contributed by atoms with Crippen LogP contribution in [0, 0.1) is 0 Å². The molecule has 0 spiro atoms. The fourth-order valence-electron chi connectivity index (χ4n) is 0.959. The van der Waals surface area contributed by atoms with E-state index in [1.165, 1.54) is 0 Å². The van der Waals surface area contributed by atoms with Crippen molar-refractivity contribution in [3.63, 3.8) is 0 Å². The second-order valence-electron chi connectivity index (χ2n) is 2.53. The van der Waals surface area contributed by atoms with Crippen molar-refractivity contribution in [3.8, 4) is 0 Å². The van der Waals surface area contributed by atoms with E-state index in [1.54, 1.807) is 24.8 Å². The molecule has 2 rings (SSSR count). The monoisotopic (exact) mass is 175 g/mol. The summed E-state index contributed by atoms with van der Waals surface area (Å²) in [5, 5.41) is 9.78. The largest absolute Gasteiger partial charge is 0.363 e. The van der Waals surface area contributed by atoms with Gasteiger partial charge in [-0.05, 0) is 6.07 Å². The summed E-state index contributed by atoms with van der Waals surface area (Å²) in [5.41, 5.74) is 1.02. The lowest BCUT2D eigenvalue weighted by Gasteiger charge is -2.01. The third-order valence-corrected chi connectivity index (χ3v) is 1.58. The molecule has 5 heteroatoms. The topological polar surface area (TPSA) is 66.5 Å². The first kappa shape index (κ1) is 7.72. The molecule has 0 aromatic carbocycles. The minimum atomic E-state index is 0.679. The quantitative estimate of drug-likeness (QED) is 0.724. The van der Waals surface area contributed by atoms with Gasteiger partial charge in [0.1, 0.15) is 5.82 Å². The summed E-state index contributed by atoms with van der Waals surface area (Å²) in [6.45, 7) is 0.679. The molecule has 2 aromatic rings. The molecule has 0 unspecified atom stereocenters. The lowest BCUT2D eigenvalue weighted by atomic mass is 10.4. The molecule has 13 heavy (non-hydrogen) atoms. The van der Waals surface area contributed by atoms with Crippen LogP contribution in [0.3, 0.4) is 0 Å². The van der Waals surface area contributed by atoms with E-state index in [0.29, 0.717) is 6.54 Å². The van der Waals surface area contributed by atoms with E-state index >= 15 is 0 Å². The molecule has 66 valence electrons. The van der Waals surface area contributed by atoms with Crippen molar-refractivity contribution in [1.29, 1.82) is 0 Å². The van der Waals surface area contributed by atoms with Gasteiger partial charge in [0.05, 0.1) is 18.4 Å². The SMILES string of the molecule is c1cnc(NCc2ccn[nH]2)cn1. The number of anilines is 1. The first-order valence-corrected chi connectivity index (χ1v) is 3.93. The van der Waals surface area contributed by atoms with Gasteiger partial charge in [-0.2, -0.15) is 5.10 Å². The van der Waals surface area contributed by atoms with E-state index in [9.17, 15) is 0 Å². The van der Waals surface area contributed by atoms with Gasteiger partial charge in [0, 0.05) is 18.6 Å². The van der Waals surface area contributed by atoms with Gasteiger partial charge in [-0.15, -0.1) is 0 Å². The summed E-state index contributed by atoms with van der Waals surface area (Å²) >= 11 is 0. The van der Waals surface area contributed by atoms with Crippen molar-refractivity contribution < 1.29 is 0 Å². The Hall–Kier alpha value is -1.91. The van der Waals surface area contributed by atoms with Crippen molar-refractivity contribution >= 4 is 5.82 Å². The molecule has 0 aliphatic carbocycles. The molecule has 5 nitrogen and oxygen atoms in total. The number of aromatic nitrogens is 4. The lowest BCUT2D eigenvalue weighted by Crippen LogP contribution is -2.01. The van der Waals surface area contributed by atoms with E-state index in [-0.39, 0.29) is 0 Å². The zero-order valence-corrected chi connectivity index (χ0v) is 6.94. The molecular formula is C8H9N5. The summed E-state index contributed by atoms with van der Waals surface area (Å²) < 4.78 is 0. The molecule has 0 saturated carbocycles. The summed E-state index contributed by atoms with van der Waals surface area (Å²) in [6.07, 6.45) is 6.68.